The molecular formula is C18H19ClN2O3. The van der Waals surface area contributed by atoms with Crippen molar-refractivity contribution in [2.24, 2.45) is 5.73 Å². The first-order valence-corrected chi connectivity index (χ1v) is 7.92. The predicted octanol–water partition coefficient (Wildman–Crippen LogP) is 3.54. The molecule has 0 radical (unpaired) electrons. The highest BCUT2D eigenvalue weighted by Crippen LogP contribution is 2.22. The fourth-order valence-corrected chi connectivity index (χ4v) is 2.24. The zero-order valence-corrected chi connectivity index (χ0v) is 14.3. The van der Waals surface area contributed by atoms with Crippen molar-refractivity contribution < 1.29 is 14.3 Å². The maximum atomic E-state index is 12.4. The van der Waals surface area contributed by atoms with Gasteiger partial charge in [0.2, 0.25) is 5.91 Å². The van der Waals surface area contributed by atoms with Gasteiger partial charge in [0.15, 0.2) is 6.10 Å². The summed E-state index contributed by atoms with van der Waals surface area (Å²) in [6, 6.07) is 11.6. The SMILES string of the molecule is CC[C@@H](Oc1ccc(Cl)c(C)c1)C(=O)Nc1ccc(C(N)=O)cc1. The highest BCUT2D eigenvalue weighted by atomic mass is 35.5. The van der Waals surface area contributed by atoms with Crippen LogP contribution in [-0.4, -0.2) is 17.9 Å². The van der Waals surface area contributed by atoms with Gasteiger partial charge in [-0.15, -0.1) is 0 Å². The van der Waals surface area contributed by atoms with E-state index in [1.807, 2.05) is 13.8 Å². The van der Waals surface area contributed by atoms with Crippen LogP contribution in [-0.2, 0) is 4.79 Å². The molecule has 0 heterocycles. The van der Waals surface area contributed by atoms with E-state index in [1.54, 1.807) is 42.5 Å². The number of aryl methyl sites for hydroxylation is 1. The number of amides is 2. The van der Waals surface area contributed by atoms with Crippen LogP contribution in [0.4, 0.5) is 5.69 Å². The third kappa shape index (κ3) is 4.49. The van der Waals surface area contributed by atoms with E-state index in [0.29, 0.717) is 28.4 Å². The van der Waals surface area contributed by atoms with Crippen LogP contribution in [0.2, 0.25) is 5.02 Å². The lowest BCUT2D eigenvalue weighted by molar-refractivity contribution is -0.122. The number of benzene rings is 2. The molecule has 126 valence electrons. The van der Waals surface area contributed by atoms with Crippen molar-refractivity contribution in [1.29, 1.82) is 0 Å². The first kappa shape index (κ1) is 17.8. The van der Waals surface area contributed by atoms with E-state index in [-0.39, 0.29) is 5.91 Å². The smallest absolute Gasteiger partial charge is 0.265 e. The monoisotopic (exact) mass is 346 g/mol. The molecular weight excluding hydrogens is 328 g/mol. The Labute approximate surface area is 145 Å². The number of hydrogen-bond donors (Lipinski definition) is 2. The van der Waals surface area contributed by atoms with Crippen LogP contribution in [0.3, 0.4) is 0 Å². The van der Waals surface area contributed by atoms with E-state index < -0.39 is 12.0 Å². The van der Waals surface area contributed by atoms with E-state index in [9.17, 15) is 9.59 Å². The minimum atomic E-state index is -0.638. The molecule has 2 aromatic rings. The number of carbonyl (C=O) groups is 2. The van der Waals surface area contributed by atoms with Gasteiger partial charge in [-0.1, -0.05) is 18.5 Å². The first-order valence-electron chi connectivity index (χ1n) is 7.54. The Hall–Kier alpha value is -2.53. The van der Waals surface area contributed by atoms with Crippen molar-refractivity contribution in [1.82, 2.24) is 0 Å². The molecule has 5 nitrogen and oxygen atoms in total. The Kier molecular flexibility index (Phi) is 5.82. The molecule has 0 aliphatic rings. The molecule has 24 heavy (non-hydrogen) atoms. The molecule has 6 heteroatoms. The Morgan fingerprint density at radius 3 is 2.42 bits per heavy atom. The molecule has 0 aromatic heterocycles. The van der Waals surface area contributed by atoms with Gasteiger partial charge in [0.05, 0.1) is 0 Å². The summed E-state index contributed by atoms with van der Waals surface area (Å²) in [7, 11) is 0. The summed E-state index contributed by atoms with van der Waals surface area (Å²) in [5.74, 6) is -0.194. The van der Waals surface area contributed by atoms with Gasteiger partial charge in [-0.05, 0) is 61.4 Å². The van der Waals surface area contributed by atoms with Gasteiger partial charge >= 0.3 is 0 Å². The second kappa shape index (κ2) is 7.84. The number of carbonyl (C=O) groups excluding carboxylic acids is 2. The summed E-state index contributed by atoms with van der Waals surface area (Å²) in [5, 5.41) is 3.41. The topological polar surface area (TPSA) is 81.4 Å². The zero-order valence-electron chi connectivity index (χ0n) is 13.5. The number of nitrogens with two attached hydrogens (primary N) is 1. The second-order valence-corrected chi connectivity index (χ2v) is 5.76. The van der Waals surface area contributed by atoms with Gasteiger partial charge in [-0.3, -0.25) is 9.59 Å². The molecule has 3 N–H and O–H groups in total. The van der Waals surface area contributed by atoms with Gasteiger partial charge < -0.3 is 15.8 Å². The summed E-state index contributed by atoms with van der Waals surface area (Å²) >= 11 is 5.99. The van der Waals surface area contributed by atoms with Crippen molar-refractivity contribution in [3.8, 4) is 5.75 Å². The van der Waals surface area contributed by atoms with Gasteiger partial charge in [-0.25, -0.2) is 0 Å². The van der Waals surface area contributed by atoms with Crippen LogP contribution in [0.25, 0.3) is 0 Å². The Morgan fingerprint density at radius 2 is 1.88 bits per heavy atom. The Morgan fingerprint density at radius 1 is 1.21 bits per heavy atom. The molecule has 0 aliphatic heterocycles. The lowest BCUT2D eigenvalue weighted by Crippen LogP contribution is -2.32. The highest BCUT2D eigenvalue weighted by molar-refractivity contribution is 6.31. The molecule has 1 atom stereocenters. The van der Waals surface area contributed by atoms with Gasteiger partial charge in [0.1, 0.15) is 5.75 Å². The van der Waals surface area contributed by atoms with E-state index in [2.05, 4.69) is 5.32 Å². The molecule has 2 aromatic carbocycles. The van der Waals surface area contributed by atoms with Crippen LogP contribution < -0.4 is 15.8 Å². The normalized spacial score (nSPS) is 11.6. The minimum Gasteiger partial charge on any atom is -0.481 e. The summed E-state index contributed by atoms with van der Waals surface area (Å²) in [6.07, 6.45) is -0.131. The van der Waals surface area contributed by atoms with Crippen LogP contribution in [0, 0.1) is 6.92 Å². The van der Waals surface area contributed by atoms with Crippen molar-refractivity contribution in [3.63, 3.8) is 0 Å². The maximum absolute atomic E-state index is 12.4. The van der Waals surface area contributed by atoms with Gasteiger partial charge in [0, 0.05) is 16.3 Å². The number of hydrogen-bond acceptors (Lipinski definition) is 3. The van der Waals surface area contributed by atoms with Crippen molar-refractivity contribution >= 4 is 29.1 Å². The second-order valence-electron chi connectivity index (χ2n) is 5.36. The number of rotatable bonds is 6. The number of ether oxygens (including phenoxy) is 1. The lowest BCUT2D eigenvalue weighted by atomic mass is 10.2. The van der Waals surface area contributed by atoms with Crippen molar-refractivity contribution in [3.05, 3.63) is 58.6 Å². The molecule has 0 aliphatic carbocycles. The van der Waals surface area contributed by atoms with Crippen LogP contribution >= 0.6 is 11.6 Å². The van der Waals surface area contributed by atoms with E-state index in [1.165, 1.54) is 0 Å². The minimum absolute atomic E-state index is 0.267. The molecule has 0 saturated carbocycles. The third-order valence-electron chi connectivity index (χ3n) is 3.51. The van der Waals surface area contributed by atoms with Crippen LogP contribution in [0.5, 0.6) is 5.75 Å². The Balaban J connectivity index is 2.05. The summed E-state index contributed by atoms with van der Waals surface area (Å²) in [6.45, 7) is 3.74. The lowest BCUT2D eigenvalue weighted by Gasteiger charge is -2.18. The molecule has 0 spiro atoms. The number of primary amides is 1. The highest BCUT2D eigenvalue weighted by Gasteiger charge is 2.19. The Bertz CT molecular complexity index is 744. The van der Waals surface area contributed by atoms with Crippen molar-refractivity contribution in [2.75, 3.05) is 5.32 Å². The average molecular weight is 347 g/mol. The van der Waals surface area contributed by atoms with E-state index >= 15 is 0 Å². The largest absolute Gasteiger partial charge is 0.481 e. The molecule has 0 saturated heterocycles. The summed E-state index contributed by atoms with van der Waals surface area (Å²) < 4.78 is 5.75. The van der Waals surface area contributed by atoms with Crippen LogP contribution in [0.15, 0.2) is 42.5 Å². The average Bonchev–Trinajstić information content (AvgIpc) is 2.56. The molecule has 0 unspecified atom stereocenters. The van der Waals surface area contributed by atoms with Crippen molar-refractivity contribution in [2.45, 2.75) is 26.4 Å². The number of anilines is 1. The van der Waals surface area contributed by atoms with E-state index in [0.717, 1.165) is 5.56 Å². The quantitative estimate of drug-likeness (QED) is 0.839. The zero-order chi connectivity index (χ0) is 17.7. The van der Waals surface area contributed by atoms with Gasteiger partial charge in [-0.2, -0.15) is 0 Å². The van der Waals surface area contributed by atoms with Gasteiger partial charge in [0.25, 0.3) is 5.91 Å². The maximum Gasteiger partial charge on any atom is 0.265 e. The fraction of sp³-hybridized carbons (Fsp3) is 0.222. The van der Waals surface area contributed by atoms with E-state index in [4.69, 9.17) is 22.1 Å². The fourth-order valence-electron chi connectivity index (χ4n) is 2.12. The summed E-state index contributed by atoms with van der Waals surface area (Å²) in [5.41, 5.74) is 7.02. The molecule has 0 fully saturated rings. The number of nitrogens with one attached hydrogen (secondary N) is 1. The number of halogens is 1. The molecule has 2 amide bonds. The molecule has 2 rings (SSSR count). The third-order valence-corrected chi connectivity index (χ3v) is 3.93. The predicted molar refractivity (Wildman–Crippen MR) is 94.5 cm³/mol. The molecule has 0 bridgehead atoms. The van der Waals surface area contributed by atoms with Crippen LogP contribution in [0.1, 0.15) is 29.3 Å². The first-order chi connectivity index (χ1) is 11.4. The standard InChI is InChI=1S/C18H19ClN2O3/c1-3-16(24-14-8-9-15(19)11(2)10-14)18(23)21-13-6-4-12(5-7-13)17(20)22/h4-10,16H,3H2,1-2H3,(H2,20,22)(H,21,23)/t16-/m1/s1. The summed E-state index contributed by atoms with van der Waals surface area (Å²) in [4.78, 5) is 23.4.